The molecule has 0 aromatic carbocycles. The van der Waals surface area contributed by atoms with Gasteiger partial charge in [0.1, 0.15) is 0 Å². The van der Waals surface area contributed by atoms with E-state index >= 15 is 0 Å². The normalized spacial score (nSPS) is 10.4. The van der Waals surface area contributed by atoms with Crippen LogP contribution in [0.1, 0.15) is 13.8 Å². The van der Waals surface area contributed by atoms with Crippen molar-refractivity contribution < 1.29 is 29.3 Å². The largest absolute Gasteiger partial charge is 0.478 e. The lowest BCUT2D eigenvalue weighted by Gasteiger charge is -2.19. The molecule has 0 rings (SSSR count). The maximum atomic E-state index is 10.9. The minimum absolute atomic E-state index is 0.0706. The molecule has 6 nitrogen and oxygen atoms in total. The molecule has 0 aliphatic rings. The lowest BCUT2D eigenvalue weighted by Crippen LogP contribution is -2.47. The summed E-state index contributed by atoms with van der Waals surface area (Å²) in [6.45, 7) is 5.26. The van der Waals surface area contributed by atoms with Crippen LogP contribution in [0.3, 0.4) is 0 Å². The number of carboxylic acids is 2. The molecule has 0 radical (unpaired) electrons. The first-order chi connectivity index (χ1) is 6.21. The van der Waals surface area contributed by atoms with E-state index in [1.807, 2.05) is 0 Å². The Morgan fingerprint density at radius 1 is 1.21 bits per heavy atom. The van der Waals surface area contributed by atoms with E-state index in [2.05, 4.69) is 11.3 Å². The third-order valence-corrected chi connectivity index (χ3v) is 1.46. The number of rotatable bonds is 4. The monoisotopic (exact) mass is 202 g/mol. The zero-order valence-corrected chi connectivity index (χ0v) is 7.73. The summed E-state index contributed by atoms with van der Waals surface area (Å²) in [7, 11) is 0. The fourth-order valence-electron chi connectivity index (χ4n) is 0.451. The van der Waals surface area contributed by atoms with Crippen molar-refractivity contribution in [1.29, 1.82) is 0 Å². The molecule has 0 fully saturated rings. The van der Waals surface area contributed by atoms with Crippen LogP contribution in [0.4, 0.5) is 0 Å². The molecule has 0 aliphatic heterocycles. The van der Waals surface area contributed by atoms with Crippen LogP contribution in [0.15, 0.2) is 12.2 Å². The summed E-state index contributed by atoms with van der Waals surface area (Å²) >= 11 is 0. The van der Waals surface area contributed by atoms with Gasteiger partial charge in [0.05, 0.1) is 0 Å². The number of carboxylic acid groups (broad SMARTS) is 2. The molecule has 2 N–H and O–H groups in total. The molecular formula is C8H10O6. The molecule has 0 saturated heterocycles. The fourth-order valence-corrected chi connectivity index (χ4v) is 0.451. The molecule has 0 atom stereocenters. The summed E-state index contributed by atoms with van der Waals surface area (Å²) in [6, 6.07) is 0. The maximum Gasteiger partial charge on any atom is 0.359 e. The zero-order valence-electron chi connectivity index (χ0n) is 7.73. The van der Waals surface area contributed by atoms with Crippen molar-refractivity contribution in [3.8, 4) is 0 Å². The van der Waals surface area contributed by atoms with Crippen LogP contribution in [-0.4, -0.2) is 33.7 Å². The predicted molar refractivity (Wildman–Crippen MR) is 44.6 cm³/mol. The van der Waals surface area contributed by atoms with Gasteiger partial charge in [-0.3, -0.25) is 0 Å². The van der Waals surface area contributed by atoms with Gasteiger partial charge in [0.25, 0.3) is 0 Å². The van der Waals surface area contributed by atoms with E-state index < -0.39 is 23.5 Å². The third kappa shape index (κ3) is 2.32. The number of hydrogen-bond acceptors (Lipinski definition) is 4. The molecule has 0 unspecified atom stereocenters. The number of carbonyl (C=O) groups is 3. The number of hydrogen-bond donors (Lipinski definition) is 2. The van der Waals surface area contributed by atoms with Crippen molar-refractivity contribution in [3.63, 3.8) is 0 Å². The van der Waals surface area contributed by atoms with Crippen LogP contribution < -0.4 is 0 Å². The van der Waals surface area contributed by atoms with Gasteiger partial charge in [-0.05, 0) is 13.8 Å². The van der Waals surface area contributed by atoms with E-state index in [0.29, 0.717) is 0 Å². The molecule has 0 saturated carbocycles. The quantitative estimate of drug-likeness (QED) is 0.379. The molecule has 0 amide bonds. The van der Waals surface area contributed by atoms with E-state index in [1.165, 1.54) is 6.92 Å². The zero-order chi connectivity index (χ0) is 11.5. The highest BCUT2D eigenvalue weighted by atomic mass is 16.6. The molecule has 0 spiro atoms. The average Bonchev–Trinajstić information content (AvgIpc) is 2.02. The topological polar surface area (TPSA) is 101 Å². The Kier molecular flexibility index (Phi) is 3.39. The lowest BCUT2D eigenvalue weighted by atomic mass is 10.1. The van der Waals surface area contributed by atoms with Gasteiger partial charge < -0.3 is 14.9 Å². The third-order valence-electron chi connectivity index (χ3n) is 1.46. The highest BCUT2D eigenvalue weighted by molar-refractivity contribution is 6.04. The Hall–Kier alpha value is -1.85. The minimum Gasteiger partial charge on any atom is -0.478 e. The van der Waals surface area contributed by atoms with Gasteiger partial charge in [0, 0.05) is 5.57 Å². The van der Waals surface area contributed by atoms with Gasteiger partial charge in [-0.15, -0.1) is 0 Å². The molecule has 0 heterocycles. The Morgan fingerprint density at radius 2 is 1.57 bits per heavy atom. The standard InChI is InChI=1S/C8H10O6/c1-4(2)5(9)14-8(3,6(10)11)7(12)13/h1H2,2-3H3,(H,10,11)(H,12,13). The SMILES string of the molecule is C=C(C)C(=O)OC(C)(C(=O)O)C(=O)O. The summed E-state index contributed by atoms with van der Waals surface area (Å²) < 4.78 is 4.28. The van der Waals surface area contributed by atoms with Crippen LogP contribution in [0, 0.1) is 0 Å². The highest BCUT2D eigenvalue weighted by Gasteiger charge is 2.46. The van der Waals surface area contributed by atoms with Crippen molar-refractivity contribution in [2.45, 2.75) is 19.4 Å². The van der Waals surface area contributed by atoms with Gasteiger partial charge in [-0.25, -0.2) is 14.4 Å². The first kappa shape index (κ1) is 12.2. The molecule has 78 valence electrons. The number of ether oxygens (including phenoxy) is 1. The van der Waals surface area contributed by atoms with Gasteiger partial charge in [-0.1, -0.05) is 6.58 Å². The highest BCUT2D eigenvalue weighted by Crippen LogP contribution is 2.13. The molecule has 6 heteroatoms. The fraction of sp³-hybridized carbons (Fsp3) is 0.375. The second-order valence-corrected chi connectivity index (χ2v) is 2.81. The number of carbonyl (C=O) groups excluding carboxylic acids is 1. The van der Waals surface area contributed by atoms with Crippen molar-refractivity contribution in [2.75, 3.05) is 0 Å². The predicted octanol–water partition coefficient (Wildman–Crippen LogP) is 0.0336. The van der Waals surface area contributed by atoms with Crippen LogP contribution in [0.5, 0.6) is 0 Å². The summed E-state index contributed by atoms with van der Waals surface area (Å²) in [5.74, 6) is -4.56. The van der Waals surface area contributed by atoms with E-state index in [1.54, 1.807) is 0 Å². The van der Waals surface area contributed by atoms with Gasteiger partial charge >= 0.3 is 23.5 Å². The molecule has 14 heavy (non-hydrogen) atoms. The molecular weight excluding hydrogens is 192 g/mol. The summed E-state index contributed by atoms with van der Waals surface area (Å²) in [6.07, 6.45) is 0. The van der Waals surface area contributed by atoms with Crippen molar-refractivity contribution in [3.05, 3.63) is 12.2 Å². The second-order valence-electron chi connectivity index (χ2n) is 2.81. The van der Waals surface area contributed by atoms with E-state index in [4.69, 9.17) is 10.2 Å². The second kappa shape index (κ2) is 3.91. The van der Waals surface area contributed by atoms with Crippen molar-refractivity contribution >= 4 is 17.9 Å². The summed E-state index contributed by atoms with van der Waals surface area (Å²) in [4.78, 5) is 32.0. The summed E-state index contributed by atoms with van der Waals surface area (Å²) in [5, 5.41) is 17.1. The Labute approximate surface area is 79.8 Å². The maximum absolute atomic E-state index is 10.9. The molecule has 0 aromatic heterocycles. The van der Waals surface area contributed by atoms with Gasteiger partial charge in [0.2, 0.25) is 0 Å². The van der Waals surface area contributed by atoms with Gasteiger partial charge in [-0.2, -0.15) is 0 Å². The van der Waals surface area contributed by atoms with E-state index in [-0.39, 0.29) is 5.57 Å². The summed E-state index contributed by atoms with van der Waals surface area (Å²) in [5.41, 5.74) is -2.64. The van der Waals surface area contributed by atoms with Crippen LogP contribution in [0.25, 0.3) is 0 Å². The van der Waals surface area contributed by atoms with Crippen LogP contribution >= 0.6 is 0 Å². The Morgan fingerprint density at radius 3 is 1.79 bits per heavy atom. The van der Waals surface area contributed by atoms with Crippen molar-refractivity contribution in [2.24, 2.45) is 0 Å². The first-order valence-corrected chi connectivity index (χ1v) is 3.57. The van der Waals surface area contributed by atoms with Gasteiger partial charge in [0.15, 0.2) is 0 Å². The molecule has 0 aliphatic carbocycles. The van der Waals surface area contributed by atoms with Crippen molar-refractivity contribution in [1.82, 2.24) is 0 Å². The van der Waals surface area contributed by atoms with Crippen LogP contribution in [-0.2, 0) is 19.1 Å². The van der Waals surface area contributed by atoms with Crippen LogP contribution in [0.2, 0.25) is 0 Å². The molecule has 0 aromatic rings. The Bertz CT molecular complexity index is 289. The number of esters is 1. The first-order valence-electron chi connectivity index (χ1n) is 3.57. The lowest BCUT2D eigenvalue weighted by molar-refractivity contribution is -0.186. The number of aliphatic carboxylic acids is 2. The minimum atomic E-state index is -2.57. The smallest absolute Gasteiger partial charge is 0.359 e. The molecule has 0 bridgehead atoms. The van der Waals surface area contributed by atoms with E-state index in [9.17, 15) is 14.4 Å². The van der Waals surface area contributed by atoms with E-state index in [0.717, 1.165) is 6.92 Å². The average molecular weight is 202 g/mol. The Balaban J connectivity index is 4.89.